The van der Waals surface area contributed by atoms with Crippen LogP contribution < -0.4 is 5.32 Å². The predicted molar refractivity (Wildman–Crippen MR) is 75.8 cm³/mol. The first kappa shape index (κ1) is 14.4. The number of rotatable bonds is 5. The Morgan fingerprint density at radius 2 is 2.05 bits per heavy atom. The van der Waals surface area contributed by atoms with Crippen LogP contribution in [0.1, 0.15) is 29.6 Å². The van der Waals surface area contributed by atoms with Crippen molar-refractivity contribution in [3.8, 4) is 0 Å². The molecule has 0 aliphatic carbocycles. The van der Waals surface area contributed by atoms with Crippen LogP contribution in [0.5, 0.6) is 0 Å². The Kier molecular flexibility index (Phi) is 4.63. The van der Waals surface area contributed by atoms with E-state index in [0.717, 1.165) is 29.3 Å². The van der Waals surface area contributed by atoms with Crippen molar-refractivity contribution in [2.24, 2.45) is 0 Å². The maximum atomic E-state index is 13.3. The minimum absolute atomic E-state index is 0.299. The Balaban J connectivity index is 2.10. The second-order valence-electron chi connectivity index (χ2n) is 4.58. The highest BCUT2D eigenvalue weighted by Gasteiger charge is 2.04. The second kappa shape index (κ2) is 6.43. The molecule has 2 aromatic rings. The fourth-order valence-corrected chi connectivity index (χ4v) is 1.95. The summed E-state index contributed by atoms with van der Waals surface area (Å²) < 4.78 is 13.3. The van der Waals surface area contributed by atoms with Gasteiger partial charge in [0.2, 0.25) is 0 Å². The molecule has 1 heterocycles. The number of nitrogens with zero attached hydrogens (tertiary/aromatic N) is 2. The smallest absolute Gasteiger partial charge is 0.130 e. The number of aromatic nitrogens is 2. The minimum atomic E-state index is -0.387. The summed E-state index contributed by atoms with van der Waals surface area (Å²) in [4.78, 5) is 8.62. The van der Waals surface area contributed by atoms with E-state index in [1.807, 2.05) is 19.9 Å². The molecule has 106 valence electrons. The Morgan fingerprint density at radius 1 is 1.25 bits per heavy atom. The minimum Gasteiger partial charge on any atom is -0.392 e. The van der Waals surface area contributed by atoms with Crippen LogP contribution in [0, 0.1) is 12.7 Å². The zero-order valence-electron chi connectivity index (χ0n) is 11.7. The number of aliphatic hydroxyl groups excluding tert-OH is 1. The molecule has 20 heavy (non-hydrogen) atoms. The normalized spacial score (nSPS) is 10.6. The van der Waals surface area contributed by atoms with Gasteiger partial charge in [-0.3, -0.25) is 0 Å². The van der Waals surface area contributed by atoms with Crippen molar-refractivity contribution in [1.82, 2.24) is 9.97 Å². The van der Waals surface area contributed by atoms with E-state index in [2.05, 4.69) is 15.3 Å². The maximum absolute atomic E-state index is 13.3. The van der Waals surface area contributed by atoms with Gasteiger partial charge < -0.3 is 10.4 Å². The first-order valence-electron chi connectivity index (χ1n) is 6.59. The van der Waals surface area contributed by atoms with Gasteiger partial charge in [-0.15, -0.1) is 0 Å². The first-order chi connectivity index (χ1) is 9.62. The van der Waals surface area contributed by atoms with Crippen LogP contribution >= 0.6 is 0 Å². The average molecular weight is 275 g/mol. The highest BCUT2D eigenvalue weighted by Crippen LogP contribution is 2.13. The summed E-state index contributed by atoms with van der Waals surface area (Å²) in [6, 6.07) is 6.61. The molecule has 0 amide bonds. The highest BCUT2D eigenvalue weighted by molar-refractivity contribution is 5.38. The summed E-state index contributed by atoms with van der Waals surface area (Å²) in [6.07, 6.45) is 0.850. The lowest BCUT2D eigenvalue weighted by Gasteiger charge is -2.09. The van der Waals surface area contributed by atoms with Crippen molar-refractivity contribution in [3.63, 3.8) is 0 Å². The maximum Gasteiger partial charge on any atom is 0.130 e. The van der Waals surface area contributed by atoms with Gasteiger partial charge in [-0.25, -0.2) is 14.4 Å². The van der Waals surface area contributed by atoms with Crippen molar-refractivity contribution >= 4 is 5.82 Å². The van der Waals surface area contributed by atoms with E-state index in [1.165, 1.54) is 6.07 Å². The van der Waals surface area contributed by atoms with E-state index in [1.54, 1.807) is 12.1 Å². The molecule has 0 radical (unpaired) electrons. The zero-order valence-corrected chi connectivity index (χ0v) is 11.7. The lowest BCUT2D eigenvalue weighted by Crippen LogP contribution is -2.05. The van der Waals surface area contributed by atoms with Gasteiger partial charge in [0, 0.05) is 23.9 Å². The Labute approximate surface area is 117 Å². The van der Waals surface area contributed by atoms with Crippen molar-refractivity contribution < 1.29 is 9.50 Å². The number of anilines is 1. The number of benzene rings is 1. The Hall–Kier alpha value is -2.01. The van der Waals surface area contributed by atoms with Gasteiger partial charge in [-0.2, -0.15) is 0 Å². The molecule has 5 heteroatoms. The van der Waals surface area contributed by atoms with Crippen LogP contribution in [0.2, 0.25) is 0 Å². The van der Waals surface area contributed by atoms with Crippen LogP contribution in [0.15, 0.2) is 24.3 Å². The van der Waals surface area contributed by atoms with Crippen LogP contribution in [0.25, 0.3) is 0 Å². The number of hydrogen-bond donors (Lipinski definition) is 2. The molecule has 0 saturated heterocycles. The molecule has 0 saturated carbocycles. The second-order valence-corrected chi connectivity index (χ2v) is 4.58. The molecule has 2 N–H and O–H groups in total. The quantitative estimate of drug-likeness (QED) is 0.880. The number of hydrogen-bond acceptors (Lipinski definition) is 4. The van der Waals surface area contributed by atoms with Gasteiger partial charge in [0.05, 0.1) is 6.61 Å². The number of halogens is 1. The van der Waals surface area contributed by atoms with E-state index in [-0.39, 0.29) is 12.4 Å². The largest absolute Gasteiger partial charge is 0.392 e. The summed E-state index contributed by atoms with van der Waals surface area (Å²) in [5.74, 6) is 1.09. The first-order valence-corrected chi connectivity index (χ1v) is 6.59. The standard InChI is InChI=1S/C15H18FN3O/c1-3-13-7-15(19-10(2)18-13)17-8-11-4-5-14(16)12(6-11)9-20/h4-7,20H,3,8-9H2,1-2H3,(H,17,18,19). The van der Waals surface area contributed by atoms with E-state index in [4.69, 9.17) is 5.11 Å². The average Bonchev–Trinajstić information content (AvgIpc) is 2.45. The van der Waals surface area contributed by atoms with Crippen LogP contribution in [0.4, 0.5) is 10.2 Å². The molecule has 1 aromatic heterocycles. The molecule has 2 rings (SSSR count). The monoisotopic (exact) mass is 275 g/mol. The van der Waals surface area contributed by atoms with Gasteiger partial charge in [-0.1, -0.05) is 13.0 Å². The molecule has 0 aliphatic heterocycles. The third-order valence-electron chi connectivity index (χ3n) is 3.01. The zero-order chi connectivity index (χ0) is 14.5. The van der Waals surface area contributed by atoms with E-state index in [0.29, 0.717) is 12.1 Å². The molecule has 0 bridgehead atoms. The molecular formula is C15H18FN3O. The Bertz CT molecular complexity index is 602. The van der Waals surface area contributed by atoms with Crippen LogP contribution in [-0.4, -0.2) is 15.1 Å². The summed E-state index contributed by atoms with van der Waals surface area (Å²) in [7, 11) is 0. The molecule has 0 spiro atoms. The predicted octanol–water partition coefficient (Wildman–Crippen LogP) is 2.59. The molecule has 0 unspecified atom stereocenters. The van der Waals surface area contributed by atoms with E-state index >= 15 is 0 Å². The summed E-state index contributed by atoms with van der Waals surface area (Å²) >= 11 is 0. The fourth-order valence-electron chi connectivity index (χ4n) is 1.95. The van der Waals surface area contributed by atoms with E-state index < -0.39 is 0 Å². The van der Waals surface area contributed by atoms with Crippen molar-refractivity contribution in [3.05, 3.63) is 52.7 Å². The van der Waals surface area contributed by atoms with Crippen molar-refractivity contribution in [2.45, 2.75) is 33.4 Å². The number of aryl methyl sites for hydroxylation is 2. The molecule has 4 nitrogen and oxygen atoms in total. The molecule has 0 atom stereocenters. The van der Waals surface area contributed by atoms with Gasteiger partial charge >= 0.3 is 0 Å². The molecular weight excluding hydrogens is 257 g/mol. The molecule has 1 aromatic carbocycles. The molecule has 0 fully saturated rings. The van der Waals surface area contributed by atoms with Gasteiger partial charge in [-0.05, 0) is 31.0 Å². The fraction of sp³-hybridized carbons (Fsp3) is 0.333. The summed E-state index contributed by atoms with van der Waals surface area (Å²) in [5, 5.41) is 12.2. The van der Waals surface area contributed by atoms with Crippen LogP contribution in [-0.2, 0) is 19.6 Å². The highest BCUT2D eigenvalue weighted by atomic mass is 19.1. The third kappa shape index (κ3) is 3.51. The summed E-state index contributed by atoms with van der Waals surface area (Å²) in [6.45, 7) is 4.12. The van der Waals surface area contributed by atoms with Gasteiger partial charge in [0.25, 0.3) is 0 Å². The number of aliphatic hydroxyl groups is 1. The number of nitrogens with one attached hydrogen (secondary N) is 1. The van der Waals surface area contributed by atoms with Crippen molar-refractivity contribution in [2.75, 3.05) is 5.32 Å². The van der Waals surface area contributed by atoms with Gasteiger partial charge in [0.15, 0.2) is 0 Å². The lowest BCUT2D eigenvalue weighted by atomic mass is 10.1. The van der Waals surface area contributed by atoms with Crippen LogP contribution in [0.3, 0.4) is 0 Å². The Morgan fingerprint density at radius 3 is 2.75 bits per heavy atom. The molecule has 0 aliphatic rings. The van der Waals surface area contributed by atoms with Crippen molar-refractivity contribution in [1.29, 1.82) is 0 Å². The topological polar surface area (TPSA) is 58.0 Å². The summed E-state index contributed by atoms with van der Waals surface area (Å²) in [5.41, 5.74) is 2.18. The van der Waals surface area contributed by atoms with E-state index in [9.17, 15) is 4.39 Å². The third-order valence-corrected chi connectivity index (χ3v) is 3.01. The lowest BCUT2D eigenvalue weighted by molar-refractivity contribution is 0.275. The SMILES string of the molecule is CCc1cc(NCc2ccc(F)c(CO)c2)nc(C)n1. The van der Waals surface area contributed by atoms with Gasteiger partial charge in [0.1, 0.15) is 17.5 Å².